The normalized spacial score (nSPS) is 12.6. The number of rotatable bonds is 4. The molecule has 1 amide bonds. The second-order valence-electron chi connectivity index (χ2n) is 4.35. The van der Waals surface area contributed by atoms with E-state index < -0.39 is 11.9 Å². The van der Waals surface area contributed by atoms with Crippen molar-refractivity contribution in [2.75, 3.05) is 0 Å². The van der Waals surface area contributed by atoms with E-state index in [1.807, 2.05) is 6.92 Å². The number of nitrogens with one attached hydrogen (secondary N) is 1. The molecule has 88 valence electrons. The molecule has 1 aromatic heterocycles. The lowest BCUT2D eigenvalue weighted by atomic mass is 10.1. The lowest BCUT2D eigenvalue weighted by molar-refractivity contribution is 0.0931. The zero-order chi connectivity index (χ0) is 12.1. The van der Waals surface area contributed by atoms with Gasteiger partial charge in [-0.15, -0.1) is 0 Å². The van der Waals surface area contributed by atoms with Crippen LogP contribution in [-0.2, 0) is 0 Å². The number of aromatic nitrogens is 1. The van der Waals surface area contributed by atoms with Gasteiger partial charge in [-0.25, -0.2) is 4.98 Å². The van der Waals surface area contributed by atoms with Crippen LogP contribution in [0.15, 0.2) is 18.3 Å². The topological polar surface area (TPSA) is 42.0 Å². The Labute approximate surface area is 95.1 Å². The molecule has 0 saturated heterocycles. The molecule has 1 aromatic rings. The standard InChI is InChI=1S/C12H17FN2O/c1-8(2)7-9(3)15-12(16)10-5-4-6-14-11(10)13/h4-6,8-9H,7H2,1-3H3,(H,15,16). The fourth-order valence-electron chi connectivity index (χ4n) is 1.62. The highest BCUT2D eigenvalue weighted by molar-refractivity contribution is 5.94. The minimum Gasteiger partial charge on any atom is -0.349 e. The molecular formula is C12H17FN2O. The molecule has 16 heavy (non-hydrogen) atoms. The smallest absolute Gasteiger partial charge is 0.256 e. The number of amides is 1. The third kappa shape index (κ3) is 3.61. The van der Waals surface area contributed by atoms with Gasteiger partial charge in [0.15, 0.2) is 0 Å². The highest BCUT2D eigenvalue weighted by Crippen LogP contribution is 2.07. The number of pyridine rings is 1. The Morgan fingerprint density at radius 1 is 1.50 bits per heavy atom. The van der Waals surface area contributed by atoms with Gasteiger partial charge >= 0.3 is 0 Å². The van der Waals surface area contributed by atoms with Crippen LogP contribution < -0.4 is 5.32 Å². The predicted molar refractivity (Wildman–Crippen MR) is 60.6 cm³/mol. The Balaban J connectivity index is 2.63. The molecule has 0 radical (unpaired) electrons. The van der Waals surface area contributed by atoms with Crippen LogP contribution in [0, 0.1) is 11.9 Å². The van der Waals surface area contributed by atoms with Crippen molar-refractivity contribution < 1.29 is 9.18 Å². The van der Waals surface area contributed by atoms with E-state index >= 15 is 0 Å². The average Bonchev–Trinajstić information content (AvgIpc) is 2.16. The molecule has 1 N–H and O–H groups in total. The van der Waals surface area contributed by atoms with E-state index in [4.69, 9.17) is 0 Å². The highest BCUT2D eigenvalue weighted by atomic mass is 19.1. The zero-order valence-electron chi connectivity index (χ0n) is 9.83. The largest absolute Gasteiger partial charge is 0.349 e. The minimum atomic E-state index is -0.725. The summed E-state index contributed by atoms with van der Waals surface area (Å²) in [4.78, 5) is 15.1. The third-order valence-electron chi connectivity index (χ3n) is 2.21. The molecule has 0 fully saturated rings. The summed E-state index contributed by atoms with van der Waals surface area (Å²) in [5, 5.41) is 2.75. The maximum atomic E-state index is 13.2. The van der Waals surface area contributed by atoms with Crippen LogP contribution in [0.5, 0.6) is 0 Å². The van der Waals surface area contributed by atoms with E-state index in [9.17, 15) is 9.18 Å². The van der Waals surface area contributed by atoms with Gasteiger partial charge in [-0.3, -0.25) is 4.79 Å². The van der Waals surface area contributed by atoms with Gasteiger partial charge in [0.05, 0.1) is 5.56 Å². The molecule has 1 unspecified atom stereocenters. The van der Waals surface area contributed by atoms with Crippen LogP contribution in [-0.4, -0.2) is 16.9 Å². The molecular weight excluding hydrogens is 207 g/mol. The first kappa shape index (κ1) is 12.6. The molecule has 0 bridgehead atoms. The van der Waals surface area contributed by atoms with E-state index in [-0.39, 0.29) is 11.6 Å². The van der Waals surface area contributed by atoms with Crippen molar-refractivity contribution >= 4 is 5.91 Å². The summed E-state index contributed by atoms with van der Waals surface area (Å²) in [7, 11) is 0. The SMILES string of the molecule is CC(C)CC(C)NC(=O)c1cccnc1F. The van der Waals surface area contributed by atoms with Gasteiger partial charge in [0.25, 0.3) is 5.91 Å². The van der Waals surface area contributed by atoms with Crippen molar-refractivity contribution in [1.82, 2.24) is 10.3 Å². The van der Waals surface area contributed by atoms with Crippen LogP contribution in [0.3, 0.4) is 0 Å². The Morgan fingerprint density at radius 2 is 2.19 bits per heavy atom. The van der Waals surface area contributed by atoms with Crippen molar-refractivity contribution in [1.29, 1.82) is 0 Å². The Bertz CT molecular complexity index is 366. The highest BCUT2D eigenvalue weighted by Gasteiger charge is 2.14. The fourth-order valence-corrected chi connectivity index (χ4v) is 1.62. The molecule has 0 aliphatic rings. The number of carbonyl (C=O) groups is 1. The van der Waals surface area contributed by atoms with E-state index in [1.54, 1.807) is 6.07 Å². The van der Waals surface area contributed by atoms with Crippen molar-refractivity contribution in [3.05, 3.63) is 29.8 Å². The fraction of sp³-hybridized carbons (Fsp3) is 0.500. The predicted octanol–water partition coefficient (Wildman–Crippen LogP) is 2.39. The van der Waals surface area contributed by atoms with E-state index in [1.165, 1.54) is 12.3 Å². The van der Waals surface area contributed by atoms with Gasteiger partial charge in [-0.05, 0) is 31.4 Å². The van der Waals surface area contributed by atoms with E-state index in [2.05, 4.69) is 24.1 Å². The summed E-state index contributed by atoms with van der Waals surface area (Å²) >= 11 is 0. The van der Waals surface area contributed by atoms with Gasteiger partial charge in [-0.2, -0.15) is 4.39 Å². The maximum Gasteiger partial charge on any atom is 0.256 e. The number of hydrogen-bond acceptors (Lipinski definition) is 2. The Hall–Kier alpha value is -1.45. The molecule has 0 aromatic carbocycles. The molecule has 1 atom stereocenters. The maximum absolute atomic E-state index is 13.2. The van der Waals surface area contributed by atoms with E-state index in [0.717, 1.165) is 6.42 Å². The lowest BCUT2D eigenvalue weighted by Crippen LogP contribution is -2.34. The molecule has 4 heteroatoms. The Kier molecular flexibility index (Phi) is 4.40. The van der Waals surface area contributed by atoms with Gasteiger partial charge in [0, 0.05) is 12.2 Å². The summed E-state index contributed by atoms with van der Waals surface area (Å²) in [5.74, 6) is -0.635. The van der Waals surface area contributed by atoms with Crippen LogP contribution in [0.1, 0.15) is 37.6 Å². The molecule has 1 heterocycles. The summed E-state index contributed by atoms with van der Waals surface area (Å²) in [6.45, 7) is 6.06. The number of carbonyl (C=O) groups excluding carboxylic acids is 1. The van der Waals surface area contributed by atoms with Crippen LogP contribution >= 0.6 is 0 Å². The summed E-state index contributed by atoms with van der Waals surface area (Å²) in [5.41, 5.74) is -0.00175. The molecule has 0 saturated carbocycles. The monoisotopic (exact) mass is 224 g/mol. The van der Waals surface area contributed by atoms with Crippen molar-refractivity contribution in [2.45, 2.75) is 33.2 Å². The lowest BCUT2D eigenvalue weighted by Gasteiger charge is -2.15. The average molecular weight is 224 g/mol. The Morgan fingerprint density at radius 3 is 2.75 bits per heavy atom. The molecule has 1 rings (SSSR count). The first-order valence-electron chi connectivity index (χ1n) is 5.42. The summed E-state index contributed by atoms with van der Waals surface area (Å²) < 4.78 is 13.2. The molecule has 3 nitrogen and oxygen atoms in total. The van der Waals surface area contributed by atoms with Crippen molar-refractivity contribution in [3.63, 3.8) is 0 Å². The molecule has 0 aliphatic carbocycles. The summed E-state index contributed by atoms with van der Waals surface area (Å²) in [6.07, 6.45) is 2.19. The quantitative estimate of drug-likeness (QED) is 0.798. The minimum absolute atomic E-state index is 0.00175. The first-order valence-corrected chi connectivity index (χ1v) is 5.42. The first-order chi connectivity index (χ1) is 7.50. The van der Waals surface area contributed by atoms with E-state index in [0.29, 0.717) is 5.92 Å². The van der Waals surface area contributed by atoms with Crippen molar-refractivity contribution in [2.24, 2.45) is 5.92 Å². The number of hydrogen-bond donors (Lipinski definition) is 1. The van der Waals surface area contributed by atoms with Crippen LogP contribution in [0.4, 0.5) is 4.39 Å². The number of halogens is 1. The van der Waals surface area contributed by atoms with Gasteiger partial charge in [0.2, 0.25) is 5.95 Å². The van der Waals surface area contributed by atoms with Gasteiger partial charge in [-0.1, -0.05) is 13.8 Å². The second-order valence-corrected chi connectivity index (χ2v) is 4.35. The molecule has 0 spiro atoms. The van der Waals surface area contributed by atoms with Crippen molar-refractivity contribution in [3.8, 4) is 0 Å². The molecule has 0 aliphatic heterocycles. The van der Waals surface area contributed by atoms with Gasteiger partial charge in [0.1, 0.15) is 0 Å². The van der Waals surface area contributed by atoms with Crippen LogP contribution in [0.2, 0.25) is 0 Å². The zero-order valence-corrected chi connectivity index (χ0v) is 9.83. The number of nitrogens with zero attached hydrogens (tertiary/aromatic N) is 1. The van der Waals surface area contributed by atoms with Crippen LogP contribution in [0.25, 0.3) is 0 Å². The second kappa shape index (κ2) is 5.58. The van der Waals surface area contributed by atoms with Gasteiger partial charge < -0.3 is 5.32 Å². The third-order valence-corrected chi connectivity index (χ3v) is 2.21. The summed E-state index contributed by atoms with van der Waals surface area (Å²) in [6, 6.07) is 3.01.